The van der Waals surface area contributed by atoms with Crippen molar-refractivity contribution in [2.75, 3.05) is 12.3 Å². The second-order valence-corrected chi connectivity index (χ2v) is 6.31. The van der Waals surface area contributed by atoms with Crippen LogP contribution in [0.1, 0.15) is 13.3 Å². The van der Waals surface area contributed by atoms with E-state index in [9.17, 15) is 17.1 Å². The molecule has 0 spiro atoms. The molecular formula is C11H16FN3O3S. The van der Waals surface area contributed by atoms with Gasteiger partial charge in [0.15, 0.2) is 0 Å². The highest BCUT2D eigenvalue weighted by Crippen LogP contribution is 2.22. The Hall–Kier alpha value is -1.44. The first-order chi connectivity index (χ1) is 8.85. The minimum Gasteiger partial charge on any atom is -0.338 e. The van der Waals surface area contributed by atoms with Gasteiger partial charge in [-0.05, 0) is 13.0 Å². The number of rotatable bonds is 5. The lowest BCUT2D eigenvalue weighted by molar-refractivity contribution is -0.129. The predicted octanol–water partition coefficient (Wildman–Crippen LogP) is 0.419. The molecule has 1 aromatic rings. The Morgan fingerprint density at radius 1 is 1.58 bits per heavy atom. The van der Waals surface area contributed by atoms with E-state index in [0.717, 1.165) is 0 Å². The molecule has 1 aliphatic heterocycles. The Labute approximate surface area is 111 Å². The molecule has 0 aromatic carbocycles. The van der Waals surface area contributed by atoms with E-state index < -0.39 is 21.9 Å². The second-order valence-electron chi connectivity index (χ2n) is 4.90. The van der Waals surface area contributed by atoms with Crippen LogP contribution in [0, 0.1) is 5.92 Å². The molecule has 0 N–H and O–H groups in total. The van der Waals surface area contributed by atoms with E-state index >= 15 is 0 Å². The van der Waals surface area contributed by atoms with Gasteiger partial charge in [0.25, 0.3) is 0 Å². The number of hydrogen-bond donors (Lipinski definition) is 0. The van der Waals surface area contributed by atoms with Crippen LogP contribution >= 0.6 is 0 Å². The van der Waals surface area contributed by atoms with E-state index in [4.69, 9.17) is 0 Å². The zero-order valence-corrected chi connectivity index (χ0v) is 11.4. The number of hydrogen-bond acceptors (Lipinski definition) is 4. The Bertz CT molecular complexity index is 544. The highest BCUT2D eigenvalue weighted by Gasteiger charge is 2.35. The summed E-state index contributed by atoms with van der Waals surface area (Å²) in [4.78, 5) is 13.4. The van der Waals surface area contributed by atoms with Crippen LogP contribution in [-0.2, 0) is 21.6 Å². The average Bonchev–Trinajstić information content (AvgIpc) is 2.85. The summed E-state index contributed by atoms with van der Waals surface area (Å²) in [6.07, 6.45) is 3.53. The minimum absolute atomic E-state index is 0.0899. The fraction of sp³-hybridized carbons (Fsp3) is 0.636. The molecule has 2 heterocycles. The third-order valence-electron chi connectivity index (χ3n) is 3.22. The van der Waals surface area contributed by atoms with Crippen LogP contribution in [0.15, 0.2) is 18.5 Å². The van der Waals surface area contributed by atoms with Crippen molar-refractivity contribution in [2.24, 2.45) is 5.92 Å². The molecule has 0 saturated carbocycles. The molecule has 2 atom stereocenters. The standard InChI is InChI=1S/C11H16FN3O3S/c1-9(6-14-4-2-3-13-14)15-7-10(5-11(15)16)8-19(12,17)18/h2-4,9-10H,5-8H2,1H3. The Balaban J connectivity index is 1.96. The third kappa shape index (κ3) is 3.76. The Morgan fingerprint density at radius 2 is 2.32 bits per heavy atom. The predicted molar refractivity (Wildman–Crippen MR) is 66.4 cm³/mol. The molecule has 0 aliphatic carbocycles. The highest BCUT2D eigenvalue weighted by molar-refractivity contribution is 7.86. The van der Waals surface area contributed by atoms with Gasteiger partial charge in [-0.1, -0.05) is 0 Å². The normalized spacial score (nSPS) is 21.9. The molecule has 1 aromatic heterocycles. The molecule has 1 aliphatic rings. The van der Waals surface area contributed by atoms with E-state index in [-0.39, 0.29) is 24.9 Å². The van der Waals surface area contributed by atoms with Crippen LogP contribution in [0.4, 0.5) is 3.89 Å². The molecule has 106 valence electrons. The summed E-state index contributed by atoms with van der Waals surface area (Å²) in [6.45, 7) is 2.68. The summed E-state index contributed by atoms with van der Waals surface area (Å²) in [7, 11) is -4.53. The molecule has 1 saturated heterocycles. The first-order valence-electron chi connectivity index (χ1n) is 6.04. The lowest BCUT2D eigenvalue weighted by atomic mass is 10.1. The van der Waals surface area contributed by atoms with E-state index in [1.54, 1.807) is 28.0 Å². The van der Waals surface area contributed by atoms with Crippen molar-refractivity contribution in [1.82, 2.24) is 14.7 Å². The smallest absolute Gasteiger partial charge is 0.302 e. The van der Waals surface area contributed by atoms with Gasteiger partial charge in [0, 0.05) is 37.3 Å². The van der Waals surface area contributed by atoms with Crippen LogP contribution in [0.2, 0.25) is 0 Å². The maximum absolute atomic E-state index is 12.6. The van der Waals surface area contributed by atoms with Gasteiger partial charge in [0.05, 0.1) is 12.3 Å². The van der Waals surface area contributed by atoms with Crippen molar-refractivity contribution in [3.63, 3.8) is 0 Å². The molecule has 2 unspecified atom stereocenters. The summed E-state index contributed by atoms with van der Waals surface area (Å²) >= 11 is 0. The number of halogens is 1. The zero-order valence-electron chi connectivity index (χ0n) is 10.6. The largest absolute Gasteiger partial charge is 0.338 e. The SMILES string of the molecule is CC(Cn1cccn1)N1CC(CS(=O)(=O)F)CC1=O. The van der Waals surface area contributed by atoms with Gasteiger partial charge in [-0.3, -0.25) is 9.48 Å². The fourth-order valence-corrected chi connectivity index (χ4v) is 3.19. The van der Waals surface area contributed by atoms with E-state index in [1.807, 2.05) is 6.92 Å². The molecule has 1 fully saturated rings. The van der Waals surface area contributed by atoms with Crippen molar-refractivity contribution in [1.29, 1.82) is 0 Å². The molecule has 19 heavy (non-hydrogen) atoms. The van der Waals surface area contributed by atoms with Crippen molar-refractivity contribution in [3.05, 3.63) is 18.5 Å². The molecule has 6 nitrogen and oxygen atoms in total. The van der Waals surface area contributed by atoms with Gasteiger partial charge in [0.2, 0.25) is 5.91 Å². The van der Waals surface area contributed by atoms with Gasteiger partial charge >= 0.3 is 10.2 Å². The number of aromatic nitrogens is 2. The van der Waals surface area contributed by atoms with Gasteiger partial charge in [-0.15, -0.1) is 3.89 Å². The second kappa shape index (κ2) is 5.28. The number of nitrogens with zero attached hydrogens (tertiary/aromatic N) is 3. The highest BCUT2D eigenvalue weighted by atomic mass is 32.3. The maximum atomic E-state index is 12.6. The Morgan fingerprint density at radius 3 is 2.89 bits per heavy atom. The van der Waals surface area contributed by atoms with Crippen molar-refractivity contribution < 1.29 is 17.1 Å². The first-order valence-corrected chi connectivity index (χ1v) is 7.59. The van der Waals surface area contributed by atoms with Crippen LogP contribution in [0.5, 0.6) is 0 Å². The third-order valence-corrected chi connectivity index (χ3v) is 4.09. The zero-order chi connectivity index (χ0) is 14.0. The van der Waals surface area contributed by atoms with Gasteiger partial charge < -0.3 is 4.90 Å². The quantitative estimate of drug-likeness (QED) is 0.736. The summed E-state index contributed by atoms with van der Waals surface area (Å²) in [5, 5.41) is 4.05. The van der Waals surface area contributed by atoms with Crippen molar-refractivity contribution in [2.45, 2.75) is 25.9 Å². The van der Waals surface area contributed by atoms with Crippen LogP contribution in [-0.4, -0.2) is 47.3 Å². The number of likely N-dealkylation sites (tertiary alicyclic amines) is 1. The number of carbonyl (C=O) groups is 1. The van der Waals surface area contributed by atoms with Crippen molar-refractivity contribution in [3.8, 4) is 0 Å². The Kier molecular flexibility index (Phi) is 3.88. The molecule has 2 rings (SSSR count). The van der Waals surface area contributed by atoms with Crippen LogP contribution in [0.3, 0.4) is 0 Å². The summed E-state index contributed by atoms with van der Waals surface area (Å²) in [6, 6.07) is 1.69. The maximum Gasteiger partial charge on any atom is 0.302 e. The lowest BCUT2D eigenvalue weighted by Gasteiger charge is -2.24. The van der Waals surface area contributed by atoms with Crippen molar-refractivity contribution >= 4 is 16.1 Å². The fourth-order valence-electron chi connectivity index (χ4n) is 2.41. The molecular weight excluding hydrogens is 273 g/mol. The van der Waals surface area contributed by atoms with E-state index in [2.05, 4.69) is 5.10 Å². The minimum atomic E-state index is -4.53. The molecule has 8 heteroatoms. The average molecular weight is 289 g/mol. The van der Waals surface area contributed by atoms with Gasteiger partial charge in [-0.2, -0.15) is 13.5 Å². The lowest BCUT2D eigenvalue weighted by Crippen LogP contribution is -2.37. The summed E-state index contributed by atoms with van der Waals surface area (Å²) in [5.74, 6) is -1.17. The molecule has 0 bridgehead atoms. The van der Waals surface area contributed by atoms with E-state index in [1.165, 1.54) is 0 Å². The van der Waals surface area contributed by atoms with Gasteiger partial charge in [0.1, 0.15) is 0 Å². The first kappa shape index (κ1) is 14.0. The van der Waals surface area contributed by atoms with Crippen LogP contribution in [0.25, 0.3) is 0 Å². The number of carbonyl (C=O) groups excluding carboxylic acids is 1. The monoisotopic (exact) mass is 289 g/mol. The van der Waals surface area contributed by atoms with Crippen LogP contribution < -0.4 is 0 Å². The topological polar surface area (TPSA) is 72.3 Å². The summed E-state index contributed by atoms with van der Waals surface area (Å²) in [5.41, 5.74) is 0. The summed E-state index contributed by atoms with van der Waals surface area (Å²) < 4.78 is 35.6. The van der Waals surface area contributed by atoms with E-state index in [0.29, 0.717) is 6.54 Å². The van der Waals surface area contributed by atoms with Gasteiger partial charge in [-0.25, -0.2) is 0 Å². The molecule has 1 amide bonds. The molecule has 0 radical (unpaired) electrons. The number of amides is 1.